The van der Waals surface area contributed by atoms with Crippen LogP contribution in [0, 0.1) is 5.82 Å². The van der Waals surface area contributed by atoms with E-state index >= 15 is 0 Å². The summed E-state index contributed by atoms with van der Waals surface area (Å²) in [5.74, 6) is -0.479. The topological polar surface area (TPSA) is 78.9 Å². The number of rotatable bonds is 5. The maximum atomic E-state index is 12.9. The molecule has 0 N–H and O–H groups in total. The number of carbonyl (C=O) groups excluding carboxylic acids is 1. The zero-order valence-corrected chi connectivity index (χ0v) is 13.9. The van der Waals surface area contributed by atoms with E-state index in [-0.39, 0.29) is 18.0 Å². The number of hydrogen-bond acceptors (Lipinski definition) is 4. The van der Waals surface area contributed by atoms with Gasteiger partial charge in [0, 0.05) is 32.6 Å². The summed E-state index contributed by atoms with van der Waals surface area (Å²) in [5.41, 5.74) is 0.252. The second-order valence-electron chi connectivity index (χ2n) is 5.85. The van der Waals surface area contributed by atoms with Gasteiger partial charge in [-0.2, -0.15) is 0 Å². The summed E-state index contributed by atoms with van der Waals surface area (Å²) in [6.45, 7) is 0.414. The quantitative estimate of drug-likeness (QED) is 0.652. The lowest BCUT2D eigenvalue weighted by Gasteiger charge is -2.06. The van der Waals surface area contributed by atoms with Crippen molar-refractivity contribution in [2.24, 2.45) is 14.1 Å². The molecule has 2 heterocycles. The average Bonchev–Trinajstić information content (AvgIpc) is 3.02. The van der Waals surface area contributed by atoms with E-state index in [9.17, 15) is 18.8 Å². The second-order valence-corrected chi connectivity index (χ2v) is 5.85. The van der Waals surface area contributed by atoms with E-state index in [2.05, 4.69) is 4.98 Å². The fraction of sp³-hybridized carbons (Fsp3) is 0.294. The van der Waals surface area contributed by atoms with Gasteiger partial charge < -0.3 is 4.57 Å². The zero-order valence-electron chi connectivity index (χ0n) is 13.9. The van der Waals surface area contributed by atoms with Crippen LogP contribution >= 0.6 is 0 Å². The summed E-state index contributed by atoms with van der Waals surface area (Å²) >= 11 is 0. The number of nitrogens with zero attached hydrogens (tertiary/aromatic N) is 4. The summed E-state index contributed by atoms with van der Waals surface area (Å²) in [6.07, 6.45) is 2.25. The molecule has 25 heavy (non-hydrogen) atoms. The van der Waals surface area contributed by atoms with Gasteiger partial charge in [-0.15, -0.1) is 0 Å². The molecular weight excluding hydrogens is 327 g/mol. The summed E-state index contributed by atoms with van der Waals surface area (Å²) in [5, 5.41) is 0. The van der Waals surface area contributed by atoms with Crippen molar-refractivity contribution in [3.05, 3.63) is 62.8 Å². The van der Waals surface area contributed by atoms with Crippen molar-refractivity contribution < 1.29 is 9.18 Å². The number of carbonyl (C=O) groups is 1. The number of halogens is 1. The van der Waals surface area contributed by atoms with Gasteiger partial charge in [-0.3, -0.25) is 18.7 Å². The standard InChI is InChI=1S/C17H17FN4O3/c1-20-15-14(16(24)21(2)17(20)25)22(10-19-15)9-3-4-13(23)11-5-7-12(18)8-6-11/h5-8,10H,3-4,9H2,1-2H3. The first kappa shape index (κ1) is 16.8. The zero-order chi connectivity index (χ0) is 18.1. The molecule has 7 nitrogen and oxygen atoms in total. The Kier molecular flexibility index (Phi) is 4.35. The van der Waals surface area contributed by atoms with Crippen LogP contribution in [0.4, 0.5) is 4.39 Å². The minimum atomic E-state index is -0.436. The van der Waals surface area contributed by atoms with E-state index in [4.69, 9.17) is 0 Å². The molecule has 1 aromatic carbocycles. The lowest BCUT2D eigenvalue weighted by atomic mass is 10.1. The third-order valence-corrected chi connectivity index (χ3v) is 4.19. The highest BCUT2D eigenvalue weighted by atomic mass is 19.1. The molecule has 3 aromatic rings. The van der Waals surface area contributed by atoms with Crippen molar-refractivity contribution in [2.75, 3.05) is 0 Å². The lowest BCUT2D eigenvalue weighted by molar-refractivity contribution is 0.0978. The molecule has 0 aliphatic rings. The van der Waals surface area contributed by atoms with Gasteiger partial charge in [0.05, 0.1) is 6.33 Å². The maximum absolute atomic E-state index is 12.9. The number of imidazole rings is 1. The molecule has 0 unspecified atom stereocenters. The monoisotopic (exact) mass is 344 g/mol. The van der Waals surface area contributed by atoms with Crippen molar-refractivity contribution in [3.8, 4) is 0 Å². The molecule has 0 bridgehead atoms. The predicted octanol–water partition coefficient (Wildman–Crippen LogP) is 1.24. The maximum Gasteiger partial charge on any atom is 0.332 e. The molecule has 2 aromatic heterocycles. The SMILES string of the molecule is Cn1c(=O)c2c(ncn2CCCC(=O)c2ccc(F)cc2)n(C)c1=O. The predicted molar refractivity (Wildman–Crippen MR) is 90.2 cm³/mol. The highest BCUT2D eigenvalue weighted by molar-refractivity contribution is 5.95. The van der Waals surface area contributed by atoms with Crippen LogP contribution in [0.15, 0.2) is 40.2 Å². The van der Waals surface area contributed by atoms with E-state index in [1.807, 2.05) is 0 Å². The molecule has 0 saturated heterocycles. The number of fused-ring (bicyclic) bond motifs is 1. The van der Waals surface area contributed by atoms with Crippen LogP contribution < -0.4 is 11.2 Å². The first-order valence-electron chi connectivity index (χ1n) is 7.79. The third-order valence-electron chi connectivity index (χ3n) is 4.19. The molecule has 0 radical (unpaired) electrons. The summed E-state index contributed by atoms with van der Waals surface area (Å²) in [7, 11) is 2.97. The van der Waals surface area contributed by atoms with Gasteiger partial charge in [-0.25, -0.2) is 14.2 Å². The second kappa shape index (κ2) is 6.46. The minimum absolute atomic E-state index is 0.0928. The highest BCUT2D eigenvalue weighted by Crippen LogP contribution is 2.10. The first-order chi connectivity index (χ1) is 11.9. The number of Topliss-reactive ketones (excluding diaryl/α,β-unsaturated/α-hetero) is 1. The van der Waals surface area contributed by atoms with E-state index in [0.717, 1.165) is 4.57 Å². The summed E-state index contributed by atoms with van der Waals surface area (Å²) < 4.78 is 16.9. The van der Waals surface area contributed by atoms with Crippen LogP contribution in [0.3, 0.4) is 0 Å². The Morgan fingerprint density at radius 3 is 2.48 bits per heavy atom. The number of aryl methyl sites for hydroxylation is 2. The average molecular weight is 344 g/mol. The molecule has 3 rings (SSSR count). The molecule has 0 amide bonds. The Labute approximate surface area is 142 Å². The molecule has 0 atom stereocenters. The van der Waals surface area contributed by atoms with Crippen LogP contribution in [0.5, 0.6) is 0 Å². The van der Waals surface area contributed by atoms with E-state index in [1.54, 1.807) is 11.6 Å². The Morgan fingerprint density at radius 1 is 1.12 bits per heavy atom. The van der Waals surface area contributed by atoms with Gasteiger partial charge in [-0.1, -0.05) is 0 Å². The normalized spacial score (nSPS) is 11.2. The van der Waals surface area contributed by atoms with Crippen molar-refractivity contribution >= 4 is 16.9 Å². The van der Waals surface area contributed by atoms with Crippen molar-refractivity contribution in [2.45, 2.75) is 19.4 Å². The van der Waals surface area contributed by atoms with Gasteiger partial charge in [0.25, 0.3) is 5.56 Å². The van der Waals surface area contributed by atoms with Gasteiger partial charge in [0.1, 0.15) is 5.82 Å². The molecule has 130 valence electrons. The Balaban J connectivity index is 1.78. The van der Waals surface area contributed by atoms with Crippen LogP contribution in [-0.2, 0) is 20.6 Å². The van der Waals surface area contributed by atoms with E-state index in [1.165, 1.54) is 42.2 Å². The number of aromatic nitrogens is 4. The number of benzene rings is 1. The first-order valence-corrected chi connectivity index (χ1v) is 7.79. The fourth-order valence-electron chi connectivity index (χ4n) is 2.76. The fourth-order valence-corrected chi connectivity index (χ4v) is 2.76. The molecule has 0 aliphatic carbocycles. The summed E-state index contributed by atoms with van der Waals surface area (Å²) in [4.78, 5) is 40.5. The van der Waals surface area contributed by atoms with Gasteiger partial charge in [0.2, 0.25) is 0 Å². The molecule has 0 spiro atoms. The minimum Gasteiger partial charge on any atom is -0.325 e. The molecule has 0 fully saturated rings. The summed E-state index contributed by atoms with van der Waals surface area (Å²) in [6, 6.07) is 5.41. The van der Waals surface area contributed by atoms with Crippen LogP contribution in [0.25, 0.3) is 11.2 Å². The van der Waals surface area contributed by atoms with Crippen LogP contribution in [0.1, 0.15) is 23.2 Å². The number of ketones is 1. The third kappa shape index (κ3) is 3.02. The van der Waals surface area contributed by atoms with Crippen molar-refractivity contribution in [3.63, 3.8) is 0 Å². The number of hydrogen-bond donors (Lipinski definition) is 0. The lowest BCUT2D eigenvalue weighted by Crippen LogP contribution is -2.37. The molecule has 0 aliphatic heterocycles. The Morgan fingerprint density at radius 2 is 1.80 bits per heavy atom. The molecule has 0 saturated carbocycles. The van der Waals surface area contributed by atoms with Crippen molar-refractivity contribution in [1.29, 1.82) is 0 Å². The Bertz CT molecular complexity index is 1060. The van der Waals surface area contributed by atoms with E-state index in [0.29, 0.717) is 29.7 Å². The largest absolute Gasteiger partial charge is 0.332 e. The van der Waals surface area contributed by atoms with Gasteiger partial charge in [-0.05, 0) is 30.7 Å². The van der Waals surface area contributed by atoms with Gasteiger partial charge in [0.15, 0.2) is 16.9 Å². The van der Waals surface area contributed by atoms with Gasteiger partial charge >= 0.3 is 5.69 Å². The smallest absolute Gasteiger partial charge is 0.325 e. The highest BCUT2D eigenvalue weighted by Gasteiger charge is 2.14. The Hall–Kier alpha value is -3.03. The van der Waals surface area contributed by atoms with E-state index < -0.39 is 11.2 Å². The van der Waals surface area contributed by atoms with Crippen molar-refractivity contribution in [1.82, 2.24) is 18.7 Å². The molecule has 8 heteroatoms. The van der Waals surface area contributed by atoms with Crippen LogP contribution in [-0.4, -0.2) is 24.5 Å². The molecular formula is C17H17FN4O3. The van der Waals surface area contributed by atoms with Crippen LogP contribution in [0.2, 0.25) is 0 Å².